The van der Waals surface area contributed by atoms with Crippen LogP contribution in [0.15, 0.2) is 35.4 Å². The first-order valence-corrected chi connectivity index (χ1v) is 20.6. The molecule has 30 heavy (non-hydrogen) atoms. The van der Waals surface area contributed by atoms with Gasteiger partial charge in [0.15, 0.2) is 0 Å². The van der Waals surface area contributed by atoms with E-state index in [4.69, 9.17) is 0 Å². The number of hydrogen-bond acceptors (Lipinski definition) is 0. The van der Waals surface area contributed by atoms with E-state index in [1.807, 2.05) is 0 Å². The average Bonchev–Trinajstić information content (AvgIpc) is 3.07. The molecule has 4 heteroatoms. The van der Waals surface area contributed by atoms with Gasteiger partial charge in [0.05, 0.1) is 0 Å². The van der Waals surface area contributed by atoms with E-state index in [1.54, 1.807) is 22.3 Å². The van der Waals surface area contributed by atoms with Crippen molar-refractivity contribution < 1.29 is 45.7 Å². The Bertz CT molecular complexity index is 956. The summed E-state index contributed by atoms with van der Waals surface area (Å²) in [7, 11) is 0. The molecule has 0 aliphatic heterocycles. The van der Waals surface area contributed by atoms with E-state index in [-0.39, 0.29) is 24.8 Å². The molecule has 2 aromatic carbocycles. The summed E-state index contributed by atoms with van der Waals surface area (Å²) in [4.78, 5) is 0. The number of fused-ring (bicyclic) bond motifs is 2. The Kier molecular flexibility index (Phi) is 8.29. The molecule has 0 nitrogen and oxygen atoms in total. The van der Waals surface area contributed by atoms with Gasteiger partial charge >= 0.3 is 181 Å². The van der Waals surface area contributed by atoms with Crippen LogP contribution in [0.4, 0.5) is 0 Å². The molecule has 2 aromatic rings. The summed E-state index contributed by atoms with van der Waals surface area (Å²) in [5, 5.41) is 0. The van der Waals surface area contributed by atoms with Gasteiger partial charge in [0.2, 0.25) is 0 Å². The minimum Gasteiger partial charge on any atom is -1.00 e. The molecule has 0 amide bonds. The van der Waals surface area contributed by atoms with Gasteiger partial charge in [0, 0.05) is 0 Å². The van der Waals surface area contributed by atoms with E-state index in [0.717, 1.165) is 7.25 Å². The molecule has 0 spiro atoms. The van der Waals surface area contributed by atoms with Crippen molar-refractivity contribution in [2.24, 2.45) is 0 Å². The molecule has 4 rings (SSSR count). The van der Waals surface area contributed by atoms with Gasteiger partial charge in [-0.25, -0.2) is 0 Å². The molecule has 0 saturated heterocycles. The fourth-order valence-electron chi connectivity index (χ4n) is 5.34. The molecule has 159 valence electrons. The van der Waals surface area contributed by atoms with E-state index in [2.05, 4.69) is 91.1 Å². The smallest absolute Gasteiger partial charge is 1.00 e. The Morgan fingerprint density at radius 2 is 0.933 bits per heavy atom. The quantitative estimate of drug-likeness (QED) is 0.518. The first kappa shape index (κ1) is 25.9. The van der Waals surface area contributed by atoms with Crippen molar-refractivity contribution in [3.63, 3.8) is 0 Å². The summed E-state index contributed by atoms with van der Waals surface area (Å²) >= 11 is -1.82. The zero-order valence-corrected chi connectivity index (χ0v) is 24.6. The summed E-state index contributed by atoms with van der Waals surface area (Å²) in [6.07, 6.45) is 5.03. The van der Waals surface area contributed by atoms with Crippen molar-refractivity contribution >= 4 is 18.1 Å². The van der Waals surface area contributed by atoms with Gasteiger partial charge < -0.3 is 24.8 Å². The topological polar surface area (TPSA) is 0 Å². The fraction of sp³-hybridized carbons (Fsp3) is 0.385. The van der Waals surface area contributed by atoms with Crippen LogP contribution in [0.25, 0.3) is 12.2 Å². The molecule has 0 N–H and O–H groups in total. The number of allylic oxidation sites excluding steroid dienone is 2. The zero-order chi connectivity index (χ0) is 20.3. The van der Waals surface area contributed by atoms with Crippen LogP contribution in [-0.2, 0) is 20.9 Å². The second kappa shape index (κ2) is 9.62. The van der Waals surface area contributed by atoms with Crippen LogP contribution in [0.3, 0.4) is 0 Å². The predicted octanol–water partition coefficient (Wildman–Crippen LogP) is 1.15. The Balaban J connectivity index is 0.00000160. The van der Waals surface area contributed by atoms with Crippen LogP contribution in [0, 0.1) is 27.7 Å². The van der Waals surface area contributed by atoms with Gasteiger partial charge in [-0.2, -0.15) is 0 Å². The zero-order valence-electron chi connectivity index (χ0n) is 19.5. The molecule has 0 fully saturated rings. The standard InChI is InChI=1S/2C12H13.C2H7Si.2ClH.Zr/c2*1-8-4-11-6-9(2)10(3)7-12(11)5-8;1-3-2;;;/h2*4-7H,1-3H3;3H,1-2H3;2*1H;/q;;;;;+2/p-2. The molecule has 0 heterocycles. The number of hydrogen-bond donors (Lipinski definition) is 0. The molecule has 2 unspecified atom stereocenters. The predicted molar refractivity (Wildman–Crippen MR) is 123 cm³/mol. The molecule has 2 aliphatic rings. The molecule has 0 bridgehead atoms. The Morgan fingerprint density at radius 3 is 1.27 bits per heavy atom. The largest absolute Gasteiger partial charge is 1.00 e. The number of benzene rings is 2. The van der Waals surface area contributed by atoms with Crippen molar-refractivity contribution in [2.75, 3.05) is 0 Å². The minimum absolute atomic E-state index is 0. The van der Waals surface area contributed by atoms with Crippen LogP contribution in [-0.4, -0.2) is 5.92 Å². The van der Waals surface area contributed by atoms with Crippen molar-refractivity contribution in [1.29, 1.82) is 0 Å². The normalized spacial score (nSPS) is 18.8. The van der Waals surface area contributed by atoms with E-state index >= 15 is 0 Å². The molecular formula is C26H33Cl2SiZr. The third-order valence-electron chi connectivity index (χ3n) is 7.03. The van der Waals surface area contributed by atoms with Crippen molar-refractivity contribution in [3.8, 4) is 0 Å². The third kappa shape index (κ3) is 4.27. The third-order valence-corrected chi connectivity index (χ3v) is 29.2. The second-order valence-electron chi connectivity index (χ2n) is 9.43. The van der Waals surface area contributed by atoms with Gasteiger partial charge in [-0.05, 0) is 0 Å². The molecule has 0 saturated carbocycles. The summed E-state index contributed by atoms with van der Waals surface area (Å²) in [5.74, 6) is -0.727. The van der Waals surface area contributed by atoms with Crippen molar-refractivity contribution in [1.82, 2.24) is 0 Å². The Morgan fingerprint density at radius 1 is 0.600 bits per heavy atom. The minimum atomic E-state index is -1.82. The van der Waals surface area contributed by atoms with Gasteiger partial charge in [-0.1, -0.05) is 0 Å². The summed E-state index contributed by atoms with van der Waals surface area (Å²) in [6, 6.07) is 9.95. The van der Waals surface area contributed by atoms with Crippen LogP contribution in [0.5, 0.6) is 0 Å². The van der Waals surface area contributed by atoms with Gasteiger partial charge in [-0.3, -0.25) is 0 Å². The van der Waals surface area contributed by atoms with E-state index in [1.165, 1.54) is 33.4 Å². The second-order valence-corrected chi connectivity index (χ2v) is 29.5. The van der Waals surface area contributed by atoms with Gasteiger partial charge in [0.1, 0.15) is 0 Å². The van der Waals surface area contributed by atoms with Crippen LogP contribution < -0.4 is 24.8 Å². The Hall–Kier alpha value is -0.400. The fourth-order valence-corrected chi connectivity index (χ4v) is 28.5. The summed E-state index contributed by atoms with van der Waals surface area (Å²) < 4.78 is 1.54. The SMILES string of the molecule is CC1=Cc2cc(C)c(C)cc2[CH]1[Zr+2]([CH]1C(C)=Cc2cc(C)c(C)cc21)[SiH](C)C.[Cl-].[Cl-]. The monoisotopic (exact) mass is 533 g/mol. The number of rotatable bonds is 3. The van der Waals surface area contributed by atoms with E-state index in [9.17, 15) is 0 Å². The van der Waals surface area contributed by atoms with Gasteiger partial charge in [0.25, 0.3) is 0 Å². The Labute approximate surface area is 204 Å². The summed E-state index contributed by atoms with van der Waals surface area (Å²) in [6.45, 7) is 19.2. The first-order chi connectivity index (χ1) is 13.2. The maximum atomic E-state index is 2.65. The van der Waals surface area contributed by atoms with E-state index < -0.39 is 26.8 Å². The van der Waals surface area contributed by atoms with Crippen LogP contribution >= 0.6 is 0 Å². The van der Waals surface area contributed by atoms with Crippen LogP contribution in [0.1, 0.15) is 65.6 Å². The average molecular weight is 536 g/mol. The maximum absolute atomic E-state index is 2.65. The van der Waals surface area contributed by atoms with Crippen molar-refractivity contribution in [3.05, 3.63) is 79.9 Å². The van der Waals surface area contributed by atoms with E-state index in [0.29, 0.717) is 0 Å². The molecule has 2 aliphatic carbocycles. The molecule has 0 radical (unpaired) electrons. The molecule has 0 aromatic heterocycles. The van der Waals surface area contributed by atoms with Gasteiger partial charge in [-0.15, -0.1) is 0 Å². The number of aryl methyl sites for hydroxylation is 4. The molecular weight excluding hydrogens is 503 g/mol. The number of halogens is 2. The molecule has 2 atom stereocenters. The maximum Gasteiger partial charge on any atom is -1.00 e. The summed E-state index contributed by atoms with van der Waals surface area (Å²) in [5.41, 5.74) is 15.5. The van der Waals surface area contributed by atoms with Crippen LogP contribution in [0.2, 0.25) is 13.1 Å². The first-order valence-electron chi connectivity index (χ1n) is 10.6. The van der Waals surface area contributed by atoms with Crippen molar-refractivity contribution in [2.45, 2.75) is 61.9 Å².